The maximum atomic E-state index is 12.2. The number of halogens is 2. The molecule has 0 saturated heterocycles. The van der Waals surface area contributed by atoms with Crippen LogP contribution in [0.5, 0.6) is 11.5 Å². The number of rotatable bonds is 7. The highest BCUT2D eigenvalue weighted by atomic mass is 79.9. The summed E-state index contributed by atoms with van der Waals surface area (Å²) in [5, 5.41) is 6.46. The first-order valence-corrected chi connectivity index (χ1v) is 11.4. The van der Waals surface area contributed by atoms with Gasteiger partial charge in [0.1, 0.15) is 11.5 Å². The highest BCUT2D eigenvalue weighted by Crippen LogP contribution is 2.32. The number of carbonyl (C=O) groups is 2. The van der Waals surface area contributed by atoms with E-state index in [1.807, 2.05) is 36.4 Å². The third-order valence-electron chi connectivity index (χ3n) is 4.74. The minimum Gasteiger partial charge on any atom is -0.483 e. The lowest BCUT2D eigenvalue weighted by Crippen LogP contribution is -2.24. The van der Waals surface area contributed by atoms with E-state index in [4.69, 9.17) is 21.1 Å². The Bertz CT molecular complexity index is 1370. The predicted molar refractivity (Wildman–Crippen MR) is 136 cm³/mol. The van der Waals surface area contributed by atoms with Crippen molar-refractivity contribution in [2.45, 2.75) is 0 Å². The minimum atomic E-state index is -0.505. The van der Waals surface area contributed by atoms with E-state index in [0.717, 1.165) is 15.2 Å². The van der Waals surface area contributed by atoms with E-state index in [0.29, 0.717) is 27.6 Å². The first kappa shape index (κ1) is 23.5. The summed E-state index contributed by atoms with van der Waals surface area (Å²) < 4.78 is 11.7. The fraction of sp³-hybridized carbons (Fsp3) is 0.0385. The zero-order valence-corrected chi connectivity index (χ0v) is 20.0. The van der Waals surface area contributed by atoms with Crippen molar-refractivity contribution in [1.29, 1.82) is 0 Å². The maximum Gasteiger partial charge on any atom is 0.343 e. The number of hydrazone groups is 1. The van der Waals surface area contributed by atoms with Crippen LogP contribution < -0.4 is 14.9 Å². The van der Waals surface area contributed by atoms with E-state index in [9.17, 15) is 9.59 Å². The van der Waals surface area contributed by atoms with Crippen LogP contribution in [0.4, 0.5) is 0 Å². The van der Waals surface area contributed by atoms with Crippen molar-refractivity contribution in [3.05, 3.63) is 106 Å². The number of esters is 1. The van der Waals surface area contributed by atoms with Gasteiger partial charge in [-0.2, -0.15) is 5.10 Å². The predicted octanol–water partition coefficient (Wildman–Crippen LogP) is 6.00. The molecule has 0 heterocycles. The second-order valence-corrected chi connectivity index (χ2v) is 8.38. The largest absolute Gasteiger partial charge is 0.483 e. The van der Waals surface area contributed by atoms with Crippen molar-refractivity contribution in [1.82, 2.24) is 5.43 Å². The number of amides is 1. The molecule has 1 N–H and O–H groups in total. The Morgan fingerprint density at radius 3 is 2.56 bits per heavy atom. The first-order chi connectivity index (χ1) is 16.5. The summed E-state index contributed by atoms with van der Waals surface area (Å²) in [7, 11) is 0. The van der Waals surface area contributed by atoms with Crippen LogP contribution in [-0.2, 0) is 4.79 Å². The van der Waals surface area contributed by atoms with Crippen molar-refractivity contribution in [3.63, 3.8) is 0 Å². The van der Waals surface area contributed by atoms with Crippen LogP contribution in [0.25, 0.3) is 10.8 Å². The van der Waals surface area contributed by atoms with Gasteiger partial charge in [0, 0.05) is 5.02 Å². The Morgan fingerprint density at radius 1 is 0.971 bits per heavy atom. The summed E-state index contributed by atoms with van der Waals surface area (Å²) >= 11 is 9.43. The molecular weight excluding hydrogens is 520 g/mol. The monoisotopic (exact) mass is 536 g/mol. The molecule has 8 heteroatoms. The number of benzene rings is 4. The number of hydrogen-bond acceptors (Lipinski definition) is 5. The van der Waals surface area contributed by atoms with Crippen LogP contribution in [0.15, 0.2) is 94.5 Å². The Morgan fingerprint density at radius 2 is 1.76 bits per heavy atom. The van der Waals surface area contributed by atoms with Gasteiger partial charge in [0.05, 0.1) is 16.3 Å². The van der Waals surface area contributed by atoms with Crippen LogP contribution in [-0.4, -0.2) is 24.7 Å². The summed E-state index contributed by atoms with van der Waals surface area (Å²) in [5.74, 6) is 0.0406. The van der Waals surface area contributed by atoms with Crippen molar-refractivity contribution >= 4 is 56.4 Å². The lowest BCUT2D eigenvalue weighted by atomic mass is 10.1. The molecule has 0 saturated carbocycles. The van der Waals surface area contributed by atoms with Crippen LogP contribution in [0.1, 0.15) is 15.9 Å². The lowest BCUT2D eigenvalue weighted by molar-refractivity contribution is -0.123. The highest BCUT2D eigenvalue weighted by molar-refractivity contribution is 9.10. The lowest BCUT2D eigenvalue weighted by Gasteiger charge is -2.09. The molecule has 4 rings (SSSR count). The molecule has 0 unspecified atom stereocenters. The van der Waals surface area contributed by atoms with Gasteiger partial charge in [-0.15, -0.1) is 0 Å². The number of fused-ring (bicyclic) bond motifs is 1. The minimum absolute atomic E-state index is 0.188. The molecule has 0 aliphatic heterocycles. The van der Waals surface area contributed by atoms with Gasteiger partial charge < -0.3 is 9.47 Å². The molecule has 34 heavy (non-hydrogen) atoms. The average molecular weight is 538 g/mol. The topological polar surface area (TPSA) is 77.0 Å². The molecule has 4 aromatic rings. The molecule has 0 radical (unpaired) electrons. The molecule has 0 aliphatic rings. The van der Waals surface area contributed by atoms with Gasteiger partial charge in [-0.3, -0.25) is 4.79 Å². The molecule has 0 bridgehead atoms. The van der Waals surface area contributed by atoms with Gasteiger partial charge in [0.15, 0.2) is 6.61 Å². The third-order valence-corrected chi connectivity index (χ3v) is 5.79. The van der Waals surface area contributed by atoms with E-state index in [1.165, 1.54) is 12.3 Å². The summed E-state index contributed by atoms with van der Waals surface area (Å²) in [5.41, 5.74) is 3.49. The quantitative estimate of drug-likeness (QED) is 0.136. The molecule has 4 aromatic carbocycles. The molecule has 1 amide bonds. The van der Waals surface area contributed by atoms with Crippen LogP contribution >= 0.6 is 27.5 Å². The summed E-state index contributed by atoms with van der Waals surface area (Å²) in [6.07, 6.45) is 1.48. The Kier molecular flexibility index (Phi) is 7.57. The van der Waals surface area contributed by atoms with Crippen molar-refractivity contribution < 1.29 is 19.1 Å². The molecule has 170 valence electrons. The molecule has 0 atom stereocenters. The van der Waals surface area contributed by atoms with Crippen LogP contribution in [0.2, 0.25) is 5.02 Å². The highest BCUT2D eigenvalue weighted by Gasteiger charge is 2.10. The smallest absolute Gasteiger partial charge is 0.343 e. The Balaban J connectivity index is 1.27. The molecule has 0 aromatic heterocycles. The second kappa shape index (κ2) is 11.0. The number of nitrogens with one attached hydrogen (secondary N) is 1. The fourth-order valence-electron chi connectivity index (χ4n) is 3.08. The maximum absolute atomic E-state index is 12.2. The Labute approximate surface area is 209 Å². The average Bonchev–Trinajstić information content (AvgIpc) is 2.85. The van der Waals surface area contributed by atoms with E-state index >= 15 is 0 Å². The molecule has 6 nitrogen and oxygen atoms in total. The van der Waals surface area contributed by atoms with E-state index in [-0.39, 0.29) is 6.61 Å². The summed E-state index contributed by atoms with van der Waals surface area (Å²) in [6.45, 7) is -0.188. The van der Waals surface area contributed by atoms with Crippen LogP contribution in [0, 0.1) is 0 Å². The van der Waals surface area contributed by atoms with E-state index in [2.05, 4.69) is 26.5 Å². The van der Waals surface area contributed by atoms with Gasteiger partial charge in [0.25, 0.3) is 5.91 Å². The fourth-order valence-corrected chi connectivity index (χ4v) is 3.88. The number of ether oxygens (including phenoxy) is 2. The SMILES string of the molecule is O=C(COc1ccc2ccccc2c1Br)N/N=C\c1ccc(OC(=O)c2cccc(Cl)c2)cc1. The molecule has 0 spiro atoms. The zero-order chi connectivity index (χ0) is 23.9. The normalized spacial score (nSPS) is 10.9. The zero-order valence-electron chi connectivity index (χ0n) is 17.7. The molecule has 0 aliphatic carbocycles. The van der Waals surface area contributed by atoms with Gasteiger partial charge in [-0.25, -0.2) is 10.2 Å². The van der Waals surface area contributed by atoms with Crippen LogP contribution in [0.3, 0.4) is 0 Å². The summed E-state index contributed by atoms with van der Waals surface area (Å²) in [4.78, 5) is 24.3. The second-order valence-electron chi connectivity index (χ2n) is 7.15. The van der Waals surface area contributed by atoms with Crippen molar-refractivity contribution in [2.24, 2.45) is 5.10 Å². The van der Waals surface area contributed by atoms with E-state index < -0.39 is 11.9 Å². The van der Waals surface area contributed by atoms with Gasteiger partial charge in [-0.1, -0.05) is 48.0 Å². The number of carbonyl (C=O) groups excluding carboxylic acids is 2. The standard InChI is InChI=1S/C26H18BrClN2O4/c27-25-22-7-2-1-4-18(22)10-13-23(25)33-16-24(31)30-29-15-17-8-11-21(12-9-17)34-26(32)19-5-3-6-20(28)14-19/h1-15H,16H2,(H,30,31)/b29-15-. The van der Waals surface area contributed by atoms with Gasteiger partial charge in [-0.05, 0) is 80.8 Å². The molecule has 0 fully saturated rings. The molecular formula is C26H18BrClN2O4. The number of nitrogens with zero attached hydrogens (tertiary/aromatic N) is 1. The third kappa shape index (κ3) is 6.01. The van der Waals surface area contributed by atoms with Gasteiger partial charge >= 0.3 is 5.97 Å². The van der Waals surface area contributed by atoms with Crippen molar-refractivity contribution in [3.8, 4) is 11.5 Å². The van der Waals surface area contributed by atoms with E-state index in [1.54, 1.807) is 42.5 Å². The van der Waals surface area contributed by atoms with Crippen molar-refractivity contribution in [2.75, 3.05) is 6.61 Å². The first-order valence-electron chi connectivity index (χ1n) is 10.2. The summed E-state index contributed by atoms with van der Waals surface area (Å²) in [6, 6.07) is 24.8. The van der Waals surface area contributed by atoms with Gasteiger partial charge in [0.2, 0.25) is 0 Å². The Hall–Kier alpha value is -3.68. The number of hydrogen-bond donors (Lipinski definition) is 1.